The van der Waals surface area contributed by atoms with Crippen LogP contribution in [0.4, 0.5) is 0 Å². The first-order chi connectivity index (χ1) is 17.6. The number of nitrogens with one attached hydrogen (secondary N) is 2. The van der Waals surface area contributed by atoms with Gasteiger partial charge in [0.1, 0.15) is 21.8 Å². The molecule has 0 spiro atoms. The van der Waals surface area contributed by atoms with Crippen LogP contribution in [0.25, 0.3) is 28.0 Å². The van der Waals surface area contributed by atoms with E-state index in [2.05, 4.69) is 58.8 Å². The van der Waals surface area contributed by atoms with Crippen LogP contribution in [0, 0.1) is 17.8 Å². The maximum atomic E-state index is 6.58. The fourth-order valence-electron chi connectivity index (χ4n) is 6.86. The van der Waals surface area contributed by atoms with Crippen molar-refractivity contribution in [1.82, 2.24) is 15.3 Å². The number of H-pyrrole nitrogens is 1. The van der Waals surface area contributed by atoms with Crippen LogP contribution in [0.3, 0.4) is 0 Å². The summed E-state index contributed by atoms with van der Waals surface area (Å²) in [6.07, 6.45) is 7.32. The quantitative estimate of drug-likeness (QED) is 0.348. The molecule has 6 atom stereocenters. The van der Waals surface area contributed by atoms with Gasteiger partial charge in [-0.2, -0.15) is 0 Å². The average molecular weight is 515 g/mol. The summed E-state index contributed by atoms with van der Waals surface area (Å²) in [5.41, 5.74) is 7.76. The zero-order chi connectivity index (χ0) is 24.0. The molecule has 36 heavy (non-hydrogen) atoms. The van der Waals surface area contributed by atoms with Crippen LogP contribution < -0.4 is 5.32 Å². The summed E-state index contributed by atoms with van der Waals surface area (Å²) < 4.78 is 0. The largest absolute Gasteiger partial charge is 0.332 e. The maximum absolute atomic E-state index is 6.58. The minimum Gasteiger partial charge on any atom is -0.332 e. The highest BCUT2D eigenvalue weighted by atomic mass is 35.5. The van der Waals surface area contributed by atoms with Crippen LogP contribution >= 0.6 is 23.2 Å². The van der Waals surface area contributed by atoms with Crippen LogP contribution in [0.5, 0.6) is 0 Å². The standard InChI is InChI=1S/C30H28Cl2N4/c31-28-23(14-26(34-28)25-13-21-12-24(21)33-25)17-5-1-15(2-6-17)16-3-7-18(8-4-16)27-29(32)36-30(35-27)22-10-19-9-20(19)11-22/h1-8,19-22,24-25,33H,9-14H2,(H,35,36)/t19-,20+,21-,22?,24-,25+/m1/s1. The number of aliphatic imine (C=N–C) groups is 1. The summed E-state index contributed by atoms with van der Waals surface area (Å²) in [5.74, 6) is 4.32. The van der Waals surface area contributed by atoms with Gasteiger partial charge >= 0.3 is 0 Å². The zero-order valence-corrected chi connectivity index (χ0v) is 21.5. The van der Waals surface area contributed by atoms with E-state index in [1.807, 2.05) is 0 Å². The Morgan fingerprint density at radius 2 is 1.39 bits per heavy atom. The number of hydrogen-bond acceptors (Lipinski definition) is 3. The Morgan fingerprint density at radius 3 is 2.06 bits per heavy atom. The lowest BCUT2D eigenvalue weighted by Gasteiger charge is -2.13. The van der Waals surface area contributed by atoms with Crippen molar-refractivity contribution >= 4 is 34.5 Å². The number of allylic oxidation sites excluding steroid dienone is 1. The van der Waals surface area contributed by atoms with E-state index in [9.17, 15) is 0 Å². The lowest BCUT2D eigenvalue weighted by atomic mass is 9.96. The first-order valence-corrected chi connectivity index (χ1v) is 14.0. The Kier molecular flexibility index (Phi) is 4.84. The second-order valence-corrected chi connectivity index (χ2v) is 12.2. The van der Waals surface area contributed by atoms with Gasteiger partial charge in [-0.25, -0.2) is 9.98 Å². The molecule has 2 N–H and O–H groups in total. The molecule has 0 amide bonds. The minimum atomic E-state index is 0.403. The van der Waals surface area contributed by atoms with Gasteiger partial charge < -0.3 is 10.3 Å². The smallest absolute Gasteiger partial charge is 0.134 e. The Balaban J connectivity index is 0.971. The molecule has 1 aromatic heterocycles. The van der Waals surface area contributed by atoms with E-state index in [1.165, 1.54) is 48.9 Å². The van der Waals surface area contributed by atoms with Gasteiger partial charge in [0.25, 0.3) is 0 Å². The van der Waals surface area contributed by atoms with Crippen LogP contribution in [0.1, 0.15) is 55.8 Å². The van der Waals surface area contributed by atoms with Crippen molar-refractivity contribution in [2.45, 2.75) is 56.5 Å². The van der Waals surface area contributed by atoms with Crippen LogP contribution in [0.15, 0.2) is 58.7 Å². The summed E-state index contributed by atoms with van der Waals surface area (Å²) in [6.45, 7) is 0. The molecule has 3 heterocycles. The summed E-state index contributed by atoms with van der Waals surface area (Å²) in [5, 5.41) is 5.00. The number of imidazole rings is 1. The van der Waals surface area contributed by atoms with E-state index in [0.717, 1.165) is 58.4 Å². The number of piperidine rings is 1. The molecule has 3 aromatic rings. The molecule has 3 saturated carbocycles. The van der Waals surface area contributed by atoms with Gasteiger partial charge in [0.05, 0.1) is 0 Å². The third kappa shape index (κ3) is 3.69. The number of fused-ring (bicyclic) bond motifs is 2. The molecule has 1 unspecified atom stereocenters. The number of halogens is 2. The third-order valence-corrected chi connectivity index (χ3v) is 9.75. The van der Waals surface area contributed by atoms with Crippen molar-refractivity contribution in [3.8, 4) is 22.4 Å². The maximum Gasteiger partial charge on any atom is 0.134 e. The van der Waals surface area contributed by atoms with E-state index in [-0.39, 0.29) is 0 Å². The molecule has 0 radical (unpaired) electrons. The Hall–Kier alpha value is -2.40. The van der Waals surface area contributed by atoms with E-state index < -0.39 is 0 Å². The third-order valence-electron chi connectivity index (χ3n) is 9.16. The molecule has 2 aromatic carbocycles. The normalized spacial score (nSPS) is 32.0. The molecule has 3 aliphatic carbocycles. The molecule has 5 aliphatic rings. The van der Waals surface area contributed by atoms with E-state index in [0.29, 0.717) is 22.3 Å². The first-order valence-electron chi connectivity index (χ1n) is 13.3. The number of aromatic nitrogens is 2. The number of benzene rings is 2. The molecule has 8 rings (SSSR count). The highest BCUT2D eigenvalue weighted by Crippen LogP contribution is 2.57. The molecule has 4 nitrogen and oxygen atoms in total. The van der Waals surface area contributed by atoms with Crippen molar-refractivity contribution in [3.63, 3.8) is 0 Å². The predicted octanol–water partition coefficient (Wildman–Crippen LogP) is 7.41. The lowest BCUT2D eigenvalue weighted by molar-refractivity contribution is 0.596. The van der Waals surface area contributed by atoms with Gasteiger partial charge in [0.2, 0.25) is 0 Å². The van der Waals surface area contributed by atoms with Gasteiger partial charge in [-0.05, 0) is 66.5 Å². The monoisotopic (exact) mass is 514 g/mol. The van der Waals surface area contributed by atoms with Gasteiger partial charge in [0, 0.05) is 41.3 Å². The van der Waals surface area contributed by atoms with E-state index in [1.54, 1.807) is 0 Å². The average Bonchev–Trinajstić information content (AvgIpc) is 3.51. The lowest BCUT2D eigenvalue weighted by Crippen LogP contribution is -2.33. The molecule has 182 valence electrons. The fourth-order valence-corrected chi connectivity index (χ4v) is 7.39. The van der Waals surface area contributed by atoms with Crippen molar-refractivity contribution in [3.05, 3.63) is 70.2 Å². The minimum absolute atomic E-state index is 0.403. The summed E-state index contributed by atoms with van der Waals surface area (Å²) in [6, 6.07) is 18.4. The van der Waals surface area contributed by atoms with Crippen molar-refractivity contribution in [2.75, 3.05) is 0 Å². The number of rotatable bonds is 5. The molecule has 2 aliphatic heterocycles. The molecule has 0 bridgehead atoms. The summed E-state index contributed by atoms with van der Waals surface area (Å²) in [4.78, 5) is 13.0. The van der Waals surface area contributed by atoms with Gasteiger partial charge in [-0.15, -0.1) is 0 Å². The molecular weight excluding hydrogens is 487 g/mol. The predicted molar refractivity (Wildman–Crippen MR) is 146 cm³/mol. The Morgan fingerprint density at radius 1 is 0.722 bits per heavy atom. The van der Waals surface area contributed by atoms with Gasteiger partial charge in [0.15, 0.2) is 0 Å². The number of hydrogen-bond donors (Lipinski definition) is 2. The van der Waals surface area contributed by atoms with Crippen molar-refractivity contribution < 1.29 is 0 Å². The molecular formula is C30H28Cl2N4. The van der Waals surface area contributed by atoms with Crippen molar-refractivity contribution in [1.29, 1.82) is 0 Å². The van der Waals surface area contributed by atoms with E-state index >= 15 is 0 Å². The Labute approximate surface area is 221 Å². The molecule has 4 fully saturated rings. The molecule has 6 heteroatoms. The van der Waals surface area contributed by atoms with Crippen LogP contribution in [0.2, 0.25) is 5.15 Å². The first kappa shape index (κ1) is 21.7. The highest BCUT2D eigenvalue weighted by molar-refractivity contribution is 6.35. The highest BCUT2D eigenvalue weighted by Gasteiger charge is 2.48. The zero-order valence-electron chi connectivity index (χ0n) is 20.0. The van der Waals surface area contributed by atoms with Crippen LogP contribution in [-0.2, 0) is 0 Å². The Bertz CT molecular complexity index is 1400. The number of nitrogens with zero attached hydrogens (tertiary/aromatic N) is 2. The van der Waals surface area contributed by atoms with Gasteiger partial charge in [-0.3, -0.25) is 0 Å². The van der Waals surface area contributed by atoms with Crippen molar-refractivity contribution in [2.24, 2.45) is 22.7 Å². The van der Waals surface area contributed by atoms with E-state index in [4.69, 9.17) is 33.2 Å². The summed E-state index contributed by atoms with van der Waals surface area (Å²) >= 11 is 13.1. The second kappa shape index (κ2) is 8.05. The van der Waals surface area contributed by atoms with Crippen LogP contribution in [-0.4, -0.2) is 27.8 Å². The molecule has 1 saturated heterocycles. The number of aromatic amines is 1. The topological polar surface area (TPSA) is 53.1 Å². The fraction of sp³-hybridized carbons (Fsp3) is 0.400. The summed E-state index contributed by atoms with van der Waals surface area (Å²) in [7, 11) is 0. The second-order valence-electron chi connectivity index (χ2n) is 11.5. The SMILES string of the molecule is ClC1=C(c2ccc(-c3ccc(-c4nc(C5C[C@@H]6C[C@@H]6C5)[nH]c4Cl)cc3)cc2)CC([C@@H]2C[C@H]3C[C@H]3N2)=N1. The van der Waals surface area contributed by atoms with Gasteiger partial charge in [-0.1, -0.05) is 71.7 Å².